The van der Waals surface area contributed by atoms with Gasteiger partial charge in [-0.3, -0.25) is 19.6 Å². The molecule has 0 radical (unpaired) electrons. The fourth-order valence-corrected chi connectivity index (χ4v) is 2.18. The summed E-state index contributed by atoms with van der Waals surface area (Å²) in [5.41, 5.74) is -3.38. The molecule has 0 aliphatic heterocycles. The van der Waals surface area contributed by atoms with Crippen molar-refractivity contribution < 1.29 is 13.8 Å². The van der Waals surface area contributed by atoms with Gasteiger partial charge in [0.25, 0.3) is 11.1 Å². The molecule has 0 saturated carbocycles. The van der Waals surface area contributed by atoms with Crippen LogP contribution in [-0.4, -0.2) is 19.4 Å². The number of aromatic nitrogens is 4. The number of hydrogen-bond donors (Lipinski definition) is 2. The van der Waals surface area contributed by atoms with Crippen molar-refractivity contribution in [1.29, 1.82) is 0 Å². The second-order valence-electron chi connectivity index (χ2n) is 3.76. The highest BCUT2D eigenvalue weighted by Crippen LogP contribution is 2.41. The van der Waals surface area contributed by atoms with Crippen LogP contribution < -0.4 is 31.7 Å². The van der Waals surface area contributed by atoms with E-state index >= 15 is 0 Å². The van der Waals surface area contributed by atoms with Crippen LogP contribution in [0.15, 0.2) is 56.1 Å². The normalized spacial score (nSPS) is 10.9. The maximum Gasteiger partial charge on any atom is 0.492 e. The Bertz CT molecular complexity index is 908. The summed E-state index contributed by atoms with van der Waals surface area (Å²) >= 11 is 0. The third-order valence-corrected chi connectivity index (χ3v) is 3.46. The van der Waals surface area contributed by atoms with Crippen LogP contribution in [0.25, 0.3) is 0 Å². The second-order valence-corrected chi connectivity index (χ2v) is 5.53. The molecule has 12 heteroatoms. The van der Waals surface area contributed by atoms with Gasteiger partial charge in [0.15, 0.2) is 0 Å². The van der Waals surface area contributed by atoms with Gasteiger partial charge in [-0.1, -0.05) is 6.58 Å². The van der Waals surface area contributed by atoms with Crippen molar-refractivity contribution in [2.24, 2.45) is 0 Å². The standard InChI is InChI=1S/C10H9N4O7P/c1-2-22(19,20-13-5-3-7(15)11-9(13)17)21-14-6-4-8(16)12-10(14)18/h2-6H,1H2,(H,11,15,17)(H,12,16,18). The predicted molar refractivity (Wildman–Crippen MR) is 73.6 cm³/mol. The number of nitrogens with one attached hydrogen (secondary N) is 2. The van der Waals surface area contributed by atoms with Gasteiger partial charge in [-0.15, -0.1) is 9.46 Å². The first-order valence-electron chi connectivity index (χ1n) is 5.60. The highest BCUT2D eigenvalue weighted by molar-refractivity contribution is 7.57. The van der Waals surface area contributed by atoms with E-state index in [1.807, 2.05) is 9.97 Å². The van der Waals surface area contributed by atoms with E-state index in [1.165, 1.54) is 0 Å². The zero-order valence-corrected chi connectivity index (χ0v) is 11.7. The average Bonchev–Trinajstić information content (AvgIpc) is 2.45. The summed E-state index contributed by atoms with van der Waals surface area (Å²) in [4.78, 5) is 48.5. The molecular weight excluding hydrogens is 319 g/mol. The molecule has 0 aromatic carbocycles. The van der Waals surface area contributed by atoms with Gasteiger partial charge in [0.1, 0.15) is 0 Å². The van der Waals surface area contributed by atoms with E-state index in [2.05, 4.69) is 6.58 Å². The minimum absolute atomic E-state index is 0.445. The smallest absolute Gasteiger partial charge is 0.315 e. The molecule has 2 aromatic rings. The Morgan fingerprint density at radius 1 is 0.955 bits per heavy atom. The molecule has 0 aliphatic rings. The van der Waals surface area contributed by atoms with Crippen LogP contribution in [-0.2, 0) is 4.57 Å². The maximum atomic E-state index is 12.3. The number of nitrogens with zero attached hydrogens (tertiary/aromatic N) is 2. The van der Waals surface area contributed by atoms with Gasteiger partial charge in [0, 0.05) is 17.9 Å². The lowest BCUT2D eigenvalue weighted by Crippen LogP contribution is -2.36. The molecule has 0 unspecified atom stereocenters. The number of rotatable bonds is 5. The average molecular weight is 328 g/mol. The molecule has 0 atom stereocenters. The van der Waals surface area contributed by atoms with Crippen LogP contribution in [0.5, 0.6) is 0 Å². The van der Waals surface area contributed by atoms with Gasteiger partial charge in [-0.2, -0.15) is 0 Å². The molecule has 2 rings (SSSR count). The third-order valence-electron chi connectivity index (χ3n) is 2.21. The molecule has 0 bridgehead atoms. The zero-order valence-electron chi connectivity index (χ0n) is 10.8. The maximum absolute atomic E-state index is 12.3. The fourth-order valence-electron chi connectivity index (χ4n) is 1.27. The van der Waals surface area contributed by atoms with Crippen molar-refractivity contribution in [3.63, 3.8) is 0 Å². The third kappa shape index (κ3) is 3.33. The largest absolute Gasteiger partial charge is 0.492 e. The van der Waals surface area contributed by atoms with Crippen molar-refractivity contribution in [2.45, 2.75) is 0 Å². The second kappa shape index (κ2) is 5.74. The summed E-state index contributed by atoms with van der Waals surface area (Å²) in [7, 11) is -4.18. The van der Waals surface area contributed by atoms with Crippen molar-refractivity contribution >= 4 is 7.60 Å². The SMILES string of the molecule is C=CP(=O)(On1ccc(=O)[nH]c1=O)On1ccc(=O)[nH]c1=O. The van der Waals surface area contributed by atoms with E-state index in [1.54, 1.807) is 0 Å². The van der Waals surface area contributed by atoms with Crippen molar-refractivity contribution in [1.82, 2.24) is 19.4 Å². The summed E-state index contributed by atoms with van der Waals surface area (Å²) in [6, 6.07) is 1.89. The van der Waals surface area contributed by atoms with Crippen LogP contribution >= 0.6 is 7.60 Å². The topological polar surface area (TPSA) is 145 Å². The molecule has 0 saturated heterocycles. The summed E-state index contributed by atoms with van der Waals surface area (Å²) < 4.78 is 22.9. The lowest BCUT2D eigenvalue weighted by atomic mass is 10.7. The first kappa shape index (κ1) is 15.3. The van der Waals surface area contributed by atoms with Crippen molar-refractivity contribution in [3.05, 3.63) is 78.6 Å². The van der Waals surface area contributed by atoms with Crippen LogP contribution in [0.2, 0.25) is 0 Å². The molecule has 2 aromatic heterocycles. The van der Waals surface area contributed by atoms with Gasteiger partial charge in [0.05, 0.1) is 12.4 Å². The molecule has 0 fully saturated rings. The fraction of sp³-hybridized carbons (Fsp3) is 0. The first-order valence-corrected chi connectivity index (χ1v) is 7.22. The lowest BCUT2D eigenvalue weighted by Gasteiger charge is -2.16. The minimum Gasteiger partial charge on any atom is -0.315 e. The van der Waals surface area contributed by atoms with Crippen molar-refractivity contribution in [3.8, 4) is 0 Å². The van der Waals surface area contributed by atoms with E-state index in [-0.39, 0.29) is 0 Å². The Labute approximate surface area is 120 Å². The van der Waals surface area contributed by atoms with E-state index in [0.29, 0.717) is 9.46 Å². The van der Waals surface area contributed by atoms with Gasteiger partial charge in [-0.25, -0.2) is 14.2 Å². The Kier molecular flexibility index (Phi) is 4.00. The van der Waals surface area contributed by atoms with Gasteiger partial charge in [0.2, 0.25) is 0 Å². The summed E-state index contributed by atoms with van der Waals surface area (Å²) in [5, 5.41) is 0. The number of hydrogen-bond acceptors (Lipinski definition) is 7. The first-order chi connectivity index (χ1) is 10.3. The summed E-state index contributed by atoms with van der Waals surface area (Å²) in [6.07, 6.45) is 1.83. The highest BCUT2D eigenvalue weighted by Gasteiger charge is 2.26. The van der Waals surface area contributed by atoms with E-state index < -0.39 is 30.1 Å². The highest BCUT2D eigenvalue weighted by atomic mass is 31.2. The van der Waals surface area contributed by atoms with E-state index in [4.69, 9.17) is 9.25 Å². The van der Waals surface area contributed by atoms with Crippen LogP contribution in [0.1, 0.15) is 0 Å². The van der Waals surface area contributed by atoms with Gasteiger partial charge in [-0.05, 0) is 0 Å². The molecule has 22 heavy (non-hydrogen) atoms. The van der Waals surface area contributed by atoms with Crippen LogP contribution in [0, 0.1) is 0 Å². The molecule has 11 nitrogen and oxygen atoms in total. The molecule has 0 spiro atoms. The minimum atomic E-state index is -4.18. The Morgan fingerprint density at radius 2 is 1.36 bits per heavy atom. The molecule has 116 valence electrons. The van der Waals surface area contributed by atoms with Gasteiger partial charge < -0.3 is 9.25 Å². The monoisotopic (exact) mass is 328 g/mol. The van der Waals surface area contributed by atoms with Gasteiger partial charge >= 0.3 is 19.0 Å². The predicted octanol–water partition coefficient (Wildman–Crippen LogP) is -1.72. The Morgan fingerprint density at radius 3 is 1.68 bits per heavy atom. The van der Waals surface area contributed by atoms with E-state index in [0.717, 1.165) is 30.3 Å². The quantitative estimate of drug-likeness (QED) is 0.621. The molecule has 2 heterocycles. The molecule has 0 amide bonds. The van der Waals surface area contributed by atoms with Crippen LogP contribution in [0.4, 0.5) is 0 Å². The Hall–Kier alpha value is -3.07. The summed E-state index contributed by atoms with van der Waals surface area (Å²) in [6.45, 7) is 3.23. The summed E-state index contributed by atoms with van der Waals surface area (Å²) in [5.74, 6) is 0.738. The molecule has 0 aliphatic carbocycles. The number of aromatic amines is 2. The number of H-pyrrole nitrogens is 2. The molecule has 2 N–H and O–H groups in total. The van der Waals surface area contributed by atoms with E-state index in [9.17, 15) is 23.7 Å². The lowest BCUT2D eigenvalue weighted by molar-refractivity contribution is 0.166. The van der Waals surface area contributed by atoms with Crippen molar-refractivity contribution in [2.75, 3.05) is 0 Å². The van der Waals surface area contributed by atoms with Crippen LogP contribution in [0.3, 0.4) is 0 Å². The Balaban J connectivity index is 2.36. The zero-order chi connectivity index (χ0) is 16.3. The molecular formula is C10H9N4O7P.